The Morgan fingerprint density at radius 1 is 1.25 bits per heavy atom. The number of aliphatic hydroxyl groups is 1. The SMILES string of the molecule is C[C@H]1CCCN1C(=O)c1nc(C(=O)NCC(C)(C)O)sc1-c1cnc(NCC(C)(C)C)cc1C(F)F. The van der Waals surface area contributed by atoms with Gasteiger partial charge in [-0.3, -0.25) is 9.59 Å². The third-order valence-electron chi connectivity index (χ3n) is 5.73. The van der Waals surface area contributed by atoms with Crippen LogP contribution in [-0.2, 0) is 0 Å². The number of nitrogens with one attached hydrogen (secondary N) is 2. The van der Waals surface area contributed by atoms with E-state index in [2.05, 4.69) is 20.6 Å². The molecule has 1 atom stereocenters. The van der Waals surface area contributed by atoms with Gasteiger partial charge in [-0.05, 0) is 45.1 Å². The van der Waals surface area contributed by atoms with Crippen molar-refractivity contribution in [3.63, 3.8) is 0 Å². The minimum Gasteiger partial charge on any atom is -0.389 e. The molecule has 2 amide bonds. The molecule has 1 fully saturated rings. The number of thiazole rings is 1. The van der Waals surface area contributed by atoms with E-state index in [0.717, 1.165) is 24.2 Å². The monoisotopic (exact) mass is 523 g/mol. The van der Waals surface area contributed by atoms with E-state index in [0.29, 0.717) is 18.9 Å². The Bertz CT molecular complexity index is 1110. The molecule has 8 nitrogen and oxygen atoms in total. The van der Waals surface area contributed by atoms with Gasteiger partial charge >= 0.3 is 0 Å². The number of likely N-dealkylation sites (tertiary alicyclic amines) is 1. The first-order valence-corrected chi connectivity index (χ1v) is 12.8. The standard InChI is InChI=1S/C25H35F2N5O3S/c1-14-8-7-9-32(14)23(34)18-19(36-22(31-18)21(33)30-13-25(5,6)35)16-11-28-17(10-15(16)20(26)27)29-12-24(2,3)4/h10-11,14,20,35H,7-9,12-13H2,1-6H3,(H,28,29)(H,30,33)/t14-/m0/s1. The van der Waals surface area contributed by atoms with Gasteiger partial charge < -0.3 is 20.6 Å². The van der Waals surface area contributed by atoms with Crippen molar-refractivity contribution in [2.24, 2.45) is 5.41 Å². The fourth-order valence-electron chi connectivity index (χ4n) is 3.78. The Morgan fingerprint density at radius 3 is 2.50 bits per heavy atom. The number of aromatic nitrogens is 2. The summed E-state index contributed by atoms with van der Waals surface area (Å²) in [6.07, 6.45) is 0.148. The molecule has 1 aliphatic rings. The van der Waals surface area contributed by atoms with Crippen LogP contribution in [0.15, 0.2) is 12.3 Å². The van der Waals surface area contributed by atoms with Crippen molar-refractivity contribution in [2.45, 2.75) is 72.5 Å². The second-order valence-electron chi connectivity index (χ2n) is 11.1. The van der Waals surface area contributed by atoms with Crippen LogP contribution in [0.4, 0.5) is 14.6 Å². The second-order valence-corrected chi connectivity index (χ2v) is 12.1. The first-order valence-electron chi connectivity index (χ1n) is 12.0. The quantitative estimate of drug-likeness (QED) is 0.462. The maximum atomic E-state index is 14.2. The number of amides is 2. The van der Waals surface area contributed by atoms with E-state index < -0.39 is 23.8 Å². The number of nitrogens with zero attached hydrogens (tertiary/aromatic N) is 3. The first kappa shape index (κ1) is 27.9. The number of pyridine rings is 1. The predicted octanol–water partition coefficient (Wildman–Crippen LogP) is 4.73. The normalized spacial score (nSPS) is 16.5. The van der Waals surface area contributed by atoms with Crippen LogP contribution in [0.5, 0.6) is 0 Å². The minimum atomic E-state index is -2.83. The van der Waals surface area contributed by atoms with Crippen molar-refractivity contribution in [2.75, 3.05) is 25.0 Å². The van der Waals surface area contributed by atoms with E-state index in [4.69, 9.17) is 0 Å². The summed E-state index contributed by atoms with van der Waals surface area (Å²) in [5.74, 6) is -0.687. The van der Waals surface area contributed by atoms with Crippen LogP contribution in [0, 0.1) is 5.41 Å². The Kier molecular flexibility index (Phi) is 8.34. The second kappa shape index (κ2) is 10.8. The lowest BCUT2D eigenvalue weighted by molar-refractivity contribution is 0.0692. The van der Waals surface area contributed by atoms with Gasteiger partial charge in [-0.2, -0.15) is 0 Å². The molecule has 198 valence electrons. The average molecular weight is 524 g/mol. The van der Waals surface area contributed by atoms with Gasteiger partial charge in [0.25, 0.3) is 18.2 Å². The summed E-state index contributed by atoms with van der Waals surface area (Å²) in [5.41, 5.74) is -1.50. The Labute approximate surface area is 214 Å². The van der Waals surface area contributed by atoms with E-state index in [1.54, 1.807) is 18.7 Å². The van der Waals surface area contributed by atoms with E-state index in [9.17, 15) is 23.5 Å². The molecule has 0 spiro atoms. The topological polar surface area (TPSA) is 107 Å². The van der Waals surface area contributed by atoms with E-state index in [1.807, 2.05) is 27.7 Å². The fourth-order valence-corrected chi connectivity index (χ4v) is 4.79. The summed E-state index contributed by atoms with van der Waals surface area (Å²) in [6.45, 7) is 12.1. The number of rotatable bonds is 8. The van der Waals surface area contributed by atoms with Gasteiger partial charge in [0.1, 0.15) is 11.5 Å². The Hall–Kier alpha value is -2.66. The van der Waals surface area contributed by atoms with Crippen LogP contribution in [0.25, 0.3) is 10.4 Å². The summed E-state index contributed by atoms with van der Waals surface area (Å²) in [5, 5.41) is 15.6. The first-order chi connectivity index (χ1) is 16.7. The summed E-state index contributed by atoms with van der Waals surface area (Å²) in [4.78, 5) is 36.7. The molecule has 0 saturated carbocycles. The van der Waals surface area contributed by atoms with Gasteiger partial charge in [0, 0.05) is 43.0 Å². The lowest BCUT2D eigenvalue weighted by atomic mass is 9.97. The van der Waals surface area contributed by atoms with Crippen LogP contribution in [-0.4, -0.2) is 63.1 Å². The van der Waals surface area contributed by atoms with Gasteiger partial charge in [0.15, 0.2) is 5.01 Å². The highest BCUT2D eigenvalue weighted by molar-refractivity contribution is 7.17. The zero-order valence-electron chi connectivity index (χ0n) is 21.6. The van der Waals surface area contributed by atoms with Crippen molar-refractivity contribution < 1.29 is 23.5 Å². The molecule has 1 saturated heterocycles. The molecular weight excluding hydrogens is 488 g/mol. The number of halogens is 2. The highest BCUT2D eigenvalue weighted by Crippen LogP contribution is 2.39. The van der Waals surface area contributed by atoms with Crippen LogP contribution in [0.3, 0.4) is 0 Å². The molecule has 0 aliphatic carbocycles. The molecular formula is C25H35F2N5O3S. The largest absolute Gasteiger partial charge is 0.389 e. The third-order valence-corrected chi connectivity index (χ3v) is 6.82. The third kappa shape index (κ3) is 6.97. The number of carbonyl (C=O) groups is 2. The molecule has 3 heterocycles. The maximum absolute atomic E-state index is 14.2. The van der Waals surface area contributed by atoms with Gasteiger partial charge in [0.05, 0.1) is 10.5 Å². The van der Waals surface area contributed by atoms with Crippen LogP contribution >= 0.6 is 11.3 Å². The molecule has 1 aliphatic heterocycles. The average Bonchev–Trinajstić information content (AvgIpc) is 3.41. The molecule has 3 rings (SSSR count). The lowest BCUT2D eigenvalue weighted by Crippen LogP contribution is -2.38. The highest BCUT2D eigenvalue weighted by Gasteiger charge is 2.33. The van der Waals surface area contributed by atoms with E-state index in [-0.39, 0.29) is 44.7 Å². The lowest BCUT2D eigenvalue weighted by Gasteiger charge is -2.21. The molecule has 2 aromatic rings. The summed E-state index contributed by atoms with van der Waals surface area (Å²) in [7, 11) is 0. The Balaban J connectivity index is 2.05. The number of anilines is 1. The number of alkyl halides is 2. The summed E-state index contributed by atoms with van der Waals surface area (Å²) >= 11 is 0.869. The molecule has 0 radical (unpaired) electrons. The van der Waals surface area contributed by atoms with Gasteiger partial charge in [-0.25, -0.2) is 18.7 Å². The summed E-state index contributed by atoms with van der Waals surface area (Å²) < 4.78 is 28.4. The van der Waals surface area contributed by atoms with Gasteiger partial charge in [-0.1, -0.05) is 20.8 Å². The summed E-state index contributed by atoms with van der Waals surface area (Å²) in [6, 6.07) is 1.27. The zero-order chi connectivity index (χ0) is 26.8. The van der Waals surface area contributed by atoms with Gasteiger partial charge in [-0.15, -0.1) is 11.3 Å². The molecule has 0 unspecified atom stereocenters. The van der Waals surface area contributed by atoms with E-state index >= 15 is 0 Å². The molecule has 0 aromatic carbocycles. The smallest absolute Gasteiger partial charge is 0.280 e. The van der Waals surface area contributed by atoms with Crippen molar-refractivity contribution in [3.8, 4) is 10.4 Å². The van der Waals surface area contributed by atoms with Crippen LogP contribution in [0.1, 0.15) is 86.7 Å². The molecule has 3 N–H and O–H groups in total. The number of hydrogen-bond donors (Lipinski definition) is 3. The number of hydrogen-bond acceptors (Lipinski definition) is 7. The van der Waals surface area contributed by atoms with Crippen LogP contribution in [0.2, 0.25) is 0 Å². The van der Waals surface area contributed by atoms with Gasteiger partial charge in [0.2, 0.25) is 0 Å². The van der Waals surface area contributed by atoms with Crippen molar-refractivity contribution in [1.29, 1.82) is 0 Å². The van der Waals surface area contributed by atoms with Crippen molar-refractivity contribution in [3.05, 3.63) is 28.5 Å². The highest BCUT2D eigenvalue weighted by atomic mass is 32.1. The van der Waals surface area contributed by atoms with Crippen LogP contribution < -0.4 is 10.6 Å². The van der Waals surface area contributed by atoms with Crippen molar-refractivity contribution >= 4 is 29.0 Å². The maximum Gasteiger partial charge on any atom is 0.280 e. The molecule has 11 heteroatoms. The number of carbonyl (C=O) groups excluding carboxylic acids is 2. The van der Waals surface area contributed by atoms with Crippen molar-refractivity contribution in [1.82, 2.24) is 20.2 Å². The molecule has 2 aromatic heterocycles. The fraction of sp³-hybridized carbons (Fsp3) is 0.600. The Morgan fingerprint density at radius 2 is 1.94 bits per heavy atom. The van der Waals surface area contributed by atoms with E-state index in [1.165, 1.54) is 12.3 Å². The molecule has 36 heavy (non-hydrogen) atoms. The predicted molar refractivity (Wildman–Crippen MR) is 137 cm³/mol. The molecule has 0 bridgehead atoms. The zero-order valence-corrected chi connectivity index (χ0v) is 22.4. The minimum absolute atomic E-state index is 0.0174.